The summed E-state index contributed by atoms with van der Waals surface area (Å²) in [5, 5.41) is 9.25. The van der Waals surface area contributed by atoms with E-state index in [1.807, 2.05) is 0 Å². The van der Waals surface area contributed by atoms with E-state index in [1.165, 1.54) is 0 Å². The van der Waals surface area contributed by atoms with E-state index >= 15 is 0 Å². The van der Waals surface area contributed by atoms with Crippen molar-refractivity contribution in [3.05, 3.63) is 0 Å². The van der Waals surface area contributed by atoms with Crippen LogP contribution in [0.3, 0.4) is 0 Å². The second-order valence-electron chi connectivity index (χ2n) is 4.35. The Kier molecular flexibility index (Phi) is 3.93. The number of hydrogen-bond acceptors (Lipinski definition) is 2. The first-order valence-corrected chi connectivity index (χ1v) is 5.37. The SMILES string of the molecule is CCC1CCC(CCOC)(C(=O)O)C1. The third-order valence-corrected chi connectivity index (χ3v) is 3.53. The minimum atomic E-state index is -0.634. The van der Waals surface area contributed by atoms with Gasteiger partial charge in [-0.2, -0.15) is 0 Å². The molecule has 82 valence electrons. The molecule has 0 aromatic carbocycles. The summed E-state index contributed by atoms with van der Waals surface area (Å²) in [5.74, 6) is -0.0338. The molecule has 0 spiro atoms. The van der Waals surface area contributed by atoms with Crippen LogP contribution in [0.2, 0.25) is 0 Å². The molecule has 3 nitrogen and oxygen atoms in total. The van der Waals surface area contributed by atoms with E-state index in [0.717, 1.165) is 25.7 Å². The number of carboxylic acid groups (broad SMARTS) is 1. The molecular formula is C11H20O3. The predicted octanol–water partition coefficient (Wildman–Crippen LogP) is 2.30. The molecule has 0 aromatic rings. The Morgan fingerprint density at radius 1 is 1.64 bits per heavy atom. The first-order chi connectivity index (χ1) is 6.64. The van der Waals surface area contributed by atoms with Gasteiger partial charge in [0.2, 0.25) is 0 Å². The second kappa shape index (κ2) is 4.78. The standard InChI is InChI=1S/C11H20O3/c1-3-9-4-5-11(8-9,10(12)13)6-7-14-2/h9H,3-8H2,1-2H3,(H,12,13). The molecule has 1 rings (SSSR count). The zero-order chi connectivity index (χ0) is 10.6. The summed E-state index contributed by atoms with van der Waals surface area (Å²) in [6.45, 7) is 2.70. The maximum Gasteiger partial charge on any atom is 0.309 e. The van der Waals surface area contributed by atoms with Crippen molar-refractivity contribution in [3.8, 4) is 0 Å². The summed E-state index contributed by atoms with van der Waals surface area (Å²) in [6, 6.07) is 0. The van der Waals surface area contributed by atoms with E-state index in [9.17, 15) is 9.90 Å². The highest BCUT2D eigenvalue weighted by Gasteiger charge is 2.44. The highest BCUT2D eigenvalue weighted by molar-refractivity contribution is 5.75. The molecule has 1 aliphatic rings. The Balaban J connectivity index is 2.60. The fourth-order valence-electron chi connectivity index (χ4n) is 2.41. The number of carboxylic acids is 1. The van der Waals surface area contributed by atoms with Crippen LogP contribution >= 0.6 is 0 Å². The van der Waals surface area contributed by atoms with Crippen LogP contribution in [-0.4, -0.2) is 24.8 Å². The number of rotatable bonds is 5. The van der Waals surface area contributed by atoms with Crippen LogP contribution in [0.4, 0.5) is 0 Å². The second-order valence-corrected chi connectivity index (χ2v) is 4.35. The van der Waals surface area contributed by atoms with Crippen molar-refractivity contribution < 1.29 is 14.6 Å². The molecule has 0 bridgehead atoms. The molecule has 2 atom stereocenters. The summed E-state index contributed by atoms with van der Waals surface area (Å²) in [5.41, 5.74) is -0.489. The summed E-state index contributed by atoms with van der Waals surface area (Å²) in [6.07, 6.45) is 4.48. The van der Waals surface area contributed by atoms with Crippen molar-refractivity contribution in [2.24, 2.45) is 11.3 Å². The van der Waals surface area contributed by atoms with Crippen LogP contribution in [0.25, 0.3) is 0 Å². The van der Waals surface area contributed by atoms with Gasteiger partial charge >= 0.3 is 5.97 Å². The Morgan fingerprint density at radius 3 is 2.79 bits per heavy atom. The zero-order valence-corrected chi connectivity index (χ0v) is 9.08. The van der Waals surface area contributed by atoms with Gasteiger partial charge in [-0.15, -0.1) is 0 Å². The summed E-state index contributed by atoms with van der Waals surface area (Å²) >= 11 is 0. The summed E-state index contributed by atoms with van der Waals surface area (Å²) in [4.78, 5) is 11.2. The number of carbonyl (C=O) groups is 1. The van der Waals surface area contributed by atoms with E-state index < -0.39 is 11.4 Å². The number of ether oxygens (including phenoxy) is 1. The van der Waals surface area contributed by atoms with E-state index in [1.54, 1.807) is 7.11 Å². The lowest BCUT2D eigenvalue weighted by Crippen LogP contribution is -2.29. The van der Waals surface area contributed by atoms with Gasteiger partial charge in [0.05, 0.1) is 5.41 Å². The number of methoxy groups -OCH3 is 1. The van der Waals surface area contributed by atoms with Gasteiger partial charge in [0, 0.05) is 13.7 Å². The molecule has 0 aromatic heterocycles. The molecular weight excluding hydrogens is 180 g/mol. The van der Waals surface area contributed by atoms with Gasteiger partial charge in [0.1, 0.15) is 0 Å². The van der Waals surface area contributed by atoms with Gasteiger partial charge in [0.15, 0.2) is 0 Å². The first kappa shape index (κ1) is 11.5. The number of hydrogen-bond donors (Lipinski definition) is 1. The molecule has 2 unspecified atom stereocenters. The van der Waals surface area contributed by atoms with Crippen molar-refractivity contribution >= 4 is 5.97 Å². The van der Waals surface area contributed by atoms with Crippen molar-refractivity contribution in [3.63, 3.8) is 0 Å². The van der Waals surface area contributed by atoms with Crippen LogP contribution in [0.1, 0.15) is 39.0 Å². The van der Waals surface area contributed by atoms with Crippen LogP contribution in [0.15, 0.2) is 0 Å². The molecule has 1 fully saturated rings. The Labute approximate surface area is 85.5 Å². The maximum absolute atomic E-state index is 11.2. The van der Waals surface area contributed by atoms with Crippen molar-refractivity contribution in [2.75, 3.05) is 13.7 Å². The van der Waals surface area contributed by atoms with Crippen LogP contribution in [0, 0.1) is 11.3 Å². The van der Waals surface area contributed by atoms with Gasteiger partial charge in [0.25, 0.3) is 0 Å². The summed E-state index contributed by atoms with van der Waals surface area (Å²) in [7, 11) is 1.63. The van der Waals surface area contributed by atoms with Crippen molar-refractivity contribution in [2.45, 2.75) is 39.0 Å². The maximum atomic E-state index is 11.2. The lowest BCUT2D eigenvalue weighted by molar-refractivity contribution is -0.150. The minimum absolute atomic E-state index is 0.489. The van der Waals surface area contributed by atoms with E-state index in [-0.39, 0.29) is 0 Å². The zero-order valence-electron chi connectivity index (χ0n) is 9.08. The Bertz CT molecular complexity index is 203. The van der Waals surface area contributed by atoms with Crippen LogP contribution in [-0.2, 0) is 9.53 Å². The van der Waals surface area contributed by atoms with E-state index in [4.69, 9.17) is 4.74 Å². The van der Waals surface area contributed by atoms with Gasteiger partial charge in [-0.05, 0) is 31.6 Å². The number of aliphatic carboxylic acids is 1. The molecule has 0 aliphatic heterocycles. The Hall–Kier alpha value is -0.570. The van der Waals surface area contributed by atoms with E-state index in [2.05, 4.69) is 6.92 Å². The van der Waals surface area contributed by atoms with Crippen molar-refractivity contribution in [1.29, 1.82) is 0 Å². The van der Waals surface area contributed by atoms with E-state index in [0.29, 0.717) is 18.9 Å². The van der Waals surface area contributed by atoms with Gasteiger partial charge in [-0.25, -0.2) is 0 Å². The third kappa shape index (κ3) is 2.27. The van der Waals surface area contributed by atoms with Crippen molar-refractivity contribution in [1.82, 2.24) is 0 Å². The normalized spacial score (nSPS) is 32.0. The lowest BCUT2D eigenvalue weighted by atomic mass is 9.82. The largest absolute Gasteiger partial charge is 0.481 e. The molecule has 0 heterocycles. The molecule has 1 N–H and O–H groups in total. The Morgan fingerprint density at radius 2 is 2.36 bits per heavy atom. The monoisotopic (exact) mass is 200 g/mol. The van der Waals surface area contributed by atoms with Gasteiger partial charge in [-0.3, -0.25) is 4.79 Å². The topological polar surface area (TPSA) is 46.5 Å². The molecule has 1 aliphatic carbocycles. The molecule has 0 saturated heterocycles. The minimum Gasteiger partial charge on any atom is -0.481 e. The van der Waals surface area contributed by atoms with Crippen LogP contribution in [0.5, 0.6) is 0 Å². The van der Waals surface area contributed by atoms with Gasteiger partial charge in [-0.1, -0.05) is 13.3 Å². The molecule has 1 saturated carbocycles. The highest BCUT2D eigenvalue weighted by Crippen LogP contribution is 2.45. The predicted molar refractivity (Wildman–Crippen MR) is 54.2 cm³/mol. The molecule has 14 heavy (non-hydrogen) atoms. The average Bonchev–Trinajstić information content (AvgIpc) is 2.59. The lowest BCUT2D eigenvalue weighted by Gasteiger charge is -2.23. The average molecular weight is 200 g/mol. The molecule has 0 amide bonds. The fourth-order valence-corrected chi connectivity index (χ4v) is 2.41. The molecule has 3 heteroatoms. The third-order valence-electron chi connectivity index (χ3n) is 3.53. The highest BCUT2D eigenvalue weighted by atomic mass is 16.5. The molecule has 0 radical (unpaired) electrons. The fraction of sp³-hybridized carbons (Fsp3) is 0.909. The first-order valence-electron chi connectivity index (χ1n) is 5.37. The van der Waals surface area contributed by atoms with Crippen LogP contribution < -0.4 is 0 Å². The summed E-state index contributed by atoms with van der Waals surface area (Å²) < 4.78 is 4.98. The van der Waals surface area contributed by atoms with Gasteiger partial charge < -0.3 is 9.84 Å². The quantitative estimate of drug-likeness (QED) is 0.740. The smallest absolute Gasteiger partial charge is 0.309 e.